The van der Waals surface area contributed by atoms with E-state index in [0.717, 1.165) is 6.42 Å². The monoisotopic (exact) mass is 252 g/mol. The highest BCUT2D eigenvalue weighted by Crippen LogP contribution is 2.23. The highest BCUT2D eigenvalue weighted by Gasteiger charge is 2.09. The van der Waals surface area contributed by atoms with Crippen molar-refractivity contribution in [2.45, 2.75) is 13.3 Å². The predicted molar refractivity (Wildman–Crippen MR) is 69.3 cm³/mol. The number of benzene rings is 1. The normalized spacial score (nSPS) is 9.83. The van der Waals surface area contributed by atoms with Crippen LogP contribution in [0.5, 0.6) is 0 Å². The van der Waals surface area contributed by atoms with Crippen molar-refractivity contribution in [3.63, 3.8) is 0 Å². The SMILES string of the molecule is CCCNC(=O)CNc1ccc([N+](=O)[O-])cc1N. The number of rotatable bonds is 6. The Morgan fingerprint density at radius 1 is 1.50 bits per heavy atom. The van der Waals surface area contributed by atoms with Crippen molar-refractivity contribution in [1.82, 2.24) is 5.32 Å². The topological polar surface area (TPSA) is 110 Å². The van der Waals surface area contributed by atoms with Gasteiger partial charge in [-0.25, -0.2) is 0 Å². The molecule has 1 amide bonds. The average molecular weight is 252 g/mol. The van der Waals surface area contributed by atoms with Crippen LogP contribution in [0, 0.1) is 10.1 Å². The Balaban J connectivity index is 2.58. The van der Waals surface area contributed by atoms with Gasteiger partial charge in [-0.1, -0.05) is 6.92 Å². The van der Waals surface area contributed by atoms with Gasteiger partial charge >= 0.3 is 0 Å². The van der Waals surface area contributed by atoms with E-state index in [1.807, 2.05) is 6.92 Å². The molecule has 0 unspecified atom stereocenters. The summed E-state index contributed by atoms with van der Waals surface area (Å²) < 4.78 is 0. The van der Waals surface area contributed by atoms with E-state index in [9.17, 15) is 14.9 Å². The van der Waals surface area contributed by atoms with E-state index in [0.29, 0.717) is 12.2 Å². The molecule has 0 aliphatic rings. The van der Waals surface area contributed by atoms with Crippen molar-refractivity contribution in [3.8, 4) is 0 Å². The summed E-state index contributed by atoms with van der Waals surface area (Å²) >= 11 is 0. The van der Waals surface area contributed by atoms with Crippen molar-refractivity contribution >= 4 is 23.0 Å². The molecule has 1 aromatic carbocycles. The molecule has 98 valence electrons. The third kappa shape index (κ3) is 3.93. The second kappa shape index (κ2) is 6.43. The van der Waals surface area contributed by atoms with Crippen LogP contribution in [0.2, 0.25) is 0 Å². The first kappa shape index (κ1) is 13.8. The van der Waals surface area contributed by atoms with Gasteiger partial charge < -0.3 is 16.4 Å². The van der Waals surface area contributed by atoms with Crippen LogP contribution in [0.15, 0.2) is 18.2 Å². The summed E-state index contributed by atoms with van der Waals surface area (Å²) in [6.07, 6.45) is 0.866. The van der Waals surface area contributed by atoms with Gasteiger partial charge in [-0.2, -0.15) is 0 Å². The number of hydrogen-bond acceptors (Lipinski definition) is 5. The first-order chi connectivity index (χ1) is 8.54. The molecule has 7 heteroatoms. The number of non-ortho nitro benzene ring substituents is 1. The minimum Gasteiger partial charge on any atom is -0.397 e. The molecule has 0 aliphatic heterocycles. The van der Waals surface area contributed by atoms with Gasteiger partial charge in [0.25, 0.3) is 5.69 Å². The number of anilines is 2. The van der Waals surface area contributed by atoms with E-state index in [1.165, 1.54) is 18.2 Å². The van der Waals surface area contributed by atoms with Crippen molar-refractivity contribution in [3.05, 3.63) is 28.3 Å². The third-order valence-corrected chi connectivity index (χ3v) is 2.26. The quantitative estimate of drug-likeness (QED) is 0.399. The maximum atomic E-state index is 11.3. The molecule has 18 heavy (non-hydrogen) atoms. The number of hydrogen-bond donors (Lipinski definition) is 3. The van der Waals surface area contributed by atoms with Gasteiger partial charge in [0.2, 0.25) is 5.91 Å². The number of nitro groups is 1. The van der Waals surface area contributed by atoms with Crippen molar-refractivity contribution in [2.24, 2.45) is 0 Å². The van der Waals surface area contributed by atoms with Gasteiger partial charge in [0, 0.05) is 18.7 Å². The standard InChI is InChI=1S/C11H16N4O3/c1-2-5-13-11(16)7-14-10-4-3-8(15(17)18)6-9(10)12/h3-4,6,14H,2,5,7,12H2,1H3,(H,13,16). The van der Waals surface area contributed by atoms with E-state index in [2.05, 4.69) is 10.6 Å². The average Bonchev–Trinajstić information content (AvgIpc) is 2.34. The molecule has 0 saturated heterocycles. The minimum atomic E-state index is -0.520. The largest absolute Gasteiger partial charge is 0.397 e. The van der Waals surface area contributed by atoms with Gasteiger partial charge in [-0.3, -0.25) is 14.9 Å². The summed E-state index contributed by atoms with van der Waals surface area (Å²) in [5.41, 5.74) is 6.32. The Labute approximate surface area is 105 Å². The molecular weight excluding hydrogens is 236 g/mol. The van der Waals surface area contributed by atoms with Crippen LogP contribution in [0.4, 0.5) is 17.1 Å². The lowest BCUT2D eigenvalue weighted by molar-refractivity contribution is -0.384. The molecule has 0 atom stereocenters. The summed E-state index contributed by atoms with van der Waals surface area (Å²) in [7, 11) is 0. The Bertz CT molecular complexity index is 448. The number of nitrogen functional groups attached to an aromatic ring is 1. The minimum absolute atomic E-state index is 0.0755. The number of carbonyl (C=O) groups excluding carboxylic acids is 1. The summed E-state index contributed by atoms with van der Waals surface area (Å²) in [4.78, 5) is 21.3. The number of amides is 1. The zero-order valence-electron chi connectivity index (χ0n) is 10.1. The van der Waals surface area contributed by atoms with E-state index in [-0.39, 0.29) is 23.8 Å². The fourth-order valence-electron chi connectivity index (χ4n) is 1.33. The Morgan fingerprint density at radius 2 is 2.22 bits per heavy atom. The predicted octanol–water partition coefficient (Wildman–Crippen LogP) is 1.12. The fraction of sp³-hybridized carbons (Fsp3) is 0.364. The molecule has 1 rings (SSSR count). The van der Waals surface area contributed by atoms with E-state index in [4.69, 9.17) is 5.73 Å². The number of nitrogens with zero attached hydrogens (tertiary/aromatic N) is 1. The van der Waals surface area contributed by atoms with Gasteiger partial charge in [-0.05, 0) is 12.5 Å². The zero-order chi connectivity index (χ0) is 13.5. The lowest BCUT2D eigenvalue weighted by Crippen LogP contribution is -2.30. The molecule has 0 spiro atoms. The molecule has 1 aromatic rings. The molecule has 0 bridgehead atoms. The maximum Gasteiger partial charge on any atom is 0.271 e. The molecule has 4 N–H and O–H groups in total. The Morgan fingerprint density at radius 3 is 2.78 bits per heavy atom. The number of nitro benzene ring substituents is 1. The fourth-order valence-corrected chi connectivity index (χ4v) is 1.33. The zero-order valence-corrected chi connectivity index (χ0v) is 10.1. The molecule has 0 radical (unpaired) electrons. The van der Waals surface area contributed by atoms with Crippen LogP contribution in [0.3, 0.4) is 0 Å². The van der Waals surface area contributed by atoms with Gasteiger partial charge in [0.15, 0.2) is 0 Å². The van der Waals surface area contributed by atoms with Crippen molar-refractivity contribution in [2.75, 3.05) is 24.1 Å². The van der Waals surface area contributed by atoms with Crippen LogP contribution in [0.25, 0.3) is 0 Å². The maximum absolute atomic E-state index is 11.3. The summed E-state index contributed by atoms with van der Waals surface area (Å²) in [6, 6.07) is 4.08. The van der Waals surface area contributed by atoms with Gasteiger partial charge in [-0.15, -0.1) is 0 Å². The first-order valence-corrected chi connectivity index (χ1v) is 5.59. The van der Waals surface area contributed by atoms with E-state index < -0.39 is 4.92 Å². The molecule has 7 nitrogen and oxygen atoms in total. The lowest BCUT2D eigenvalue weighted by Gasteiger charge is -2.09. The highest BCUT2D eigenvalue weighted by molar-refractivity contribution is 5.82. The molecule has 0 heterocycles. The summed E-state index contributed by atoms with van der Waals surface area (Å²) in [6.45, 7) is 2.67. The summed E-state index contributed by atoms with van der Waals surface area (Å²) in [5, 5.41) is 16.0. The third-order valence-electron chi connectivity index (χ3n) is 2.26. The molecule has 0 aliphatic carbocycles. The van der Waals surface area contributed by atoms with Crippen LogP contribution >= 0.6 is 0 Å². The number of nitrogens with two attached hydrogens (primary N) is 1. The first-order valence-electron chi connectivity index (χ1n) is 5.59. The summed E-state index contributed by atoms with van der Waals surface area (Å²) in [5.74, 6) is -0.144. The molecule has 0 saturated carbocycles. The van der Waals surface area contributed by atoms with E-state index in [1.54, 1.807) is 0 Å². The van der Waals surface area contributed by atoms with Gasteiger partial charge in [0.05, 0.1) is 22.8 Å². The molecule has 0 aromatic heterocycles. The van der Waals surface area contributed by atoms with Crippen LogP contribution < -0.4 is 16.4 Å². The van der Waals surface area contributed by atoms with Gasteiger partial charge in [0.1, 0.15) is 0 Å². The molecule has 0 fully saturated rings. The number of carbonyl (C=O) groups is 1. The Kier molecular flexibility index (Phi) is 4.91. The number of nitrogens with one attached hydrogen (secondary N) is 2. The Hall–Kier alpha value is -2.31. The smallest absolute Gasteiger partial charge is 0.271 e. The molecular formula is C11H16N4O3. The van der Waals surface area contributed by atoms with E-state index >= 15 is 0 Å². The van der Waals surface area contributed by atoms with Crippen molar-refractivity contribution < 1.29 is 9.72 Å². The van der Waals surface area contributed by atoms with Crippen molar-refractivity contribution in [1.29, 1.82) is 0 Å². The van der Waals surface area contributed by atoms with Crippen LogP contribution in [0.1, 0.15) is 13.3 Å². The van der Waals surface area contributed by atoms with Crippen LogP contribution in [-0.4, -0.2) is 23.9 Å². The second-order valence-electron chi connectivity index (χ2n) is 3.73. The van der Waals surface area contributed by atoms with Crippen LogP contribution in [-0.2, 0) is 4.79 Å². The highest BCUT2D eigenvalue weighted by atomic mass is 16.6. The second-order valence-corrected chi connectivity index (χ2v) is 3.73. The lowest BCUT2D eigenvalue weighted by atomic mass is 10.2.